The number of anilines is 2. The summed E-state index contributed by atoms with van der Waals surface area (Å²) in [6.45, 7) is 1.70. The summed E-state index contributed by atoms with van der Waals surface area (Å²) in [5.74, 6) is -3.39. The summed E-state index contributed by atoms with van der Waals surface area (Å²) in [5.41, 5.74) is 1.43. The van der Waals surface area contributed by atoms with Crippen LogP contribution in [0.15, 0.2) is 36.4 Å². The molecule has 2 aromatic rings. The highest BCUT2D eigenvalue weighted by atomic mass is 19.1. The molecule has 1 aliphatic rings. The molecule has 0 radical (unpaired) electrons. The number of halogens is 2. The van der Waals surface area contributed by atoms with E-state index < -0.39 is 29.4 Å². The molecule has 1 saturated heterocycles. The van der Waals surface area contributed by atoms with Gasteiger partial charge in [0.05, 0.1) is 11.6 Å². The Kier molecular flexibility index (Phi) is 5.39. The molecule has 6 nitrogen and oxygen atoms in total. The van der Waals surface area contributed by atoms with Gasteiger partial charge in [-0.15, -0.1) is 0 Å². The smallest absolute Gasteiger partial charge is 0.251 e. The van der Waals surface area contributed by atoms with E-state index in [2.05, 4.69) is 10.6 Å². The molecule has 2 aromatic carbocycles. The molecule has 1 aliphatic heterocycles. The third-order valence-corrected chi connectivity index (χ3v) is 4.76. The monoisotopic (exact) mass is 387 g/mol. The molecule has 3 amide bonds. The second-order valence-corrected chi connectivity index (χ2v) is 6.55. The number of hydrogen-bond donors (Lipinski definition) is 2. The third kappa shape index (κ3) is 3.71. The normalized spacial score (nSPS) is 16.2. The standard InChI is InChI=1S/C20H19F2N3O3/c1-11-14(20(28)23-2)4-3-5-16(11)24-19(27)12-8-18(26)25(10-12)17-7-6-13(21)9-15(17)22/h3-7,9,12H,8,10H2,1-2H3,(H,23,28)(H,24,27). The topological polar surface area (TPSA) is 78.5 Å². The Hall–Kier alpha value is -3.29. The molecule has 0 saturated carbocycles. The second-order valence-electron chi connectivity index (χ2n) is 6.55. The van der Waals surface area contributed by atoms with Gasteiger partial charge in [-0.05, 0) is 36.8 Å². The minimum Gasteiger partial charge on any atom is -0.355 e. The van der Waals surface area contributed by atoms with Crippen LogP contribution in [0.4, 0.5) is 20.2 Å². The van der Waals surface area contributed by atoms with Gasteiger partial charge in [-0.3, -0.25) is 14.4 Å². The van der Waals surface area contributed by atoms with Gasteiger partial charge < -0.3 is 15.5 Å². The lowest BCUT2D eigenvalue weighted by atomic mass is 10.0. The summed E-state index contributed by atoms with van der Waals surface area (Å²) in [6, 6.07) is 7.89. The summed E-state index contributed by atoms with van der Waals surface area (Å²) in [6.07, 6.45) is -0.0865. The molecule has 0 bridgehead atoms. The quantitative estimate of drug-likeness (QED) is 0.847. The Morgan fingerprint density at radius 1 is 1.18 bits per heavy atom. The minimum atomic E-state index is -0.858. The van der Waals surface area contributed by atoms with E-state index in [1.807, 2.05) is 0 Å². The van der Waals surface area contributed by atoms with Crippen LogP contribution in [0.1, 0.15) is 22.3 Å². The average molecular weight is 387 g/mol. The van der Waals surface area contributed by atoms with Crippen molar-refractivity contribution in [3.05, 3.63) is 59.2 Å². The van der Waals surface area contributed by atoms with E-state index in [0.29, 0.717) is 22.9 Å². The van der Waals surface area contributed by atoms with E-state index in [0.717, 1.165) is 11.0 Å². The van der Waals surface area contributed by atoms with Gasteiger partial charge in [0.25, 0.3) is 5.91 Å². The number of nitrogens with one attached hydrogen (secondary N) is 2. The van der Waals surface area contributed by atoms with E-state index in [1.165, 1.54) is 13.1 Å². The van der Waals surface area contributed by atoms with Crippen molar-refractivity contribution in [2.24, 2.45) is 5.92 Å². The molecule has 1 heterocycles. The molecule has 146 valence electrons. The Bertz CT molecular complexity index is 962. The van der Waals surface area contributed by atoms with Gasteiger partial charge in [0, 0.05) is 37.3 Å². The van der Waals surface area contributed by atoms with E-state index in [9.17, 15) is 23.2 Å². The van der Waals surface area contributed by atoms with Crippen molar-refractivity contribution < 1.29 is 23.2 Å². The van der Waals surface area contributed by atoms with Crippen molar-refractivity contribution in [3.8, 4) is 0 Å². The zero-order valence-corrected chi connectivity index (χ0v) is 15.4. The van der Waals surface area contributed by atoms with Gasteiger partial charge in [-0.25, -0.2) is 8.78 Å². The van der Waals surface area contributed by atoms with Crippen LogP contribution in [0.25, 0.3) is 0 Å². The zero-order chi connectivity index (χ0) is 20.4. The molecular formula is C20H19F2N3O3. The first-order chi connectivity index (χ1) is 13.3. The van der Waals surface area contributed by atoms with E-state index in [-0.39, 0.29) is 24.6 Å². The van der Waals surface area contributed by atoms with Crippen molar-refractivity contribution in [3.63, 3.8) is 0 Å². The van der Waals surface area contributed by atoms with Crippen LogP contribution in [-0.4, -0.2) is 31.3 Å². The summed E-state index contributed by atoms with van der Waals surface area (Å²) in [7, 11) is 1.51. The van der Waals surface area contributed by atoms with Crippen LogP contribution >= 0.6 is 0 Å². The molecule has 8 heteroatoms. The first-order valence-electron chi connectivity index (χ1n) is 8.69. The molecule has 3 rings (SSSR count). The number of amides is 3. The Balaban J connectivity index is 1.76. The second kappa shape index (κ2) is 7.75. The largest absolute Gasteiger partial charge is 0.355 e. The Morgan fingerprint density at radius 2 is 1.93 bits per heavy atom. The van der Waals surface area contributed by atoms with Gasteiger partial charge in [0.15, 0.2) is 0 Å². The van der Waals surface area contributed by atoms with Crippen LogP contribution in [0.2, 0.25) is 0 Å². The predicted molar refractivity (Wildman–Crippen MR) is 100 cm³/mol. The van der Waals surface area contributed by atoms with Crippen molar-refractivity contribution in [2.45, 2.75) is 13.3 Å². The highest BCUT2D eigenvalue weighted by Crippen LogP contribution is 2.29. The molecule has 0 aliphatic carbocycles. The van der Waals surface area contributed by atoms with Gasteiger partial charge in [-0.1, -0.05) is 6.07 Å². The van der Waals surface area contributed by atoms with E-state index >= 15 is 0 Å². The fourth-order valence-electron chi connectivity index (χ4n) is 3.20. The molecule has 1 unspecified atom stereocenters. The number of nitrogens with zero attached hydrogens (tertiary/aromatic N) is 1. The molecule has 2 N–H and O–H groups in total. The molecule has 28 heavy (non-hydrogen) atoms. The molecule has 0 aromatic heterocycles. The first-order valence-corrected chi connectivity index (χ1v) is 8.69. The van der Waals surface area contributed by atoms with Crippen LogP contribution in [0, 0.1) is 24.5 Å². The molecule has 1 atom stereocenters. The molecule has 1 fully saturated rings. The maximum atomic E-state index is 14.0. The maximum Gasteiger partial charge on any atom is 0.251 e. The fourth-order valence-corrected chi connectivity index (χ4v) is 3.20. The lowest BCUT2D eigenvalue weighted by molar-refractivity contribution is -0.122. The van der Waals surface area contributed by atoms with Crippen LogP contribution < -0.4 is 15.5 Å². The third-order valence-electron chi connectivity index (χ3n) is 4.76. The van der Waals surface area contributed by atoms with Crippen molar-refractivity contribution >= 4 is 29.1 Å². The van der Waals surface area contributed by atoms with Gasteiger partial charge in [-0.2, -0.15) is 0 Å². The summed E-state index contributed by atoms with van der Waals surface area (Å²) >= 11 is 0. The fraction of sp³-hybridized carbons (Fsp3) is 0.250. The van der Waals surface area contributed by atoms with Crippen LogP contribution in [-0.2, 0) is 9.59 Å². The Labute approximate surface area is 160 Å². The predicted octanol–water partition coefficient (Wildman–Crippen LogP) is 2.62. The van der Waals surface area contributed by atoms with E-state index in [4.69, 9.17) is 0 Å². The minimum absolute atomic E-state index is 0.0125. The lowest BCUT2D eigenvalue weighted by Crippen LogP contribution is -2.29. The van der Waals surface area contributed by atoms with Crippen molar-refractivity contribution in [1.29, 1.82) is 0 Å². The average Bonchev–Trinajstić information content (AvgIpc) is 3.04. The number of carbonyl (C=O) groups excluding carboxylic acids is 3. The van der Waals surface area contributed by atoms with Gasteiger partial charge in [0.2, 0.25) is 11.8 Å². The number of hydrogen-bond acceptors (Lipinski definition) is 3. The summed E-state index contributed by atoms with van der Waals surface area (Å²) in [4.78, 5) is 37.9. The van der Waals surface area contributed by atoms with Gasteiger partial charge in [0.1, 0.15) is 11.6 Å². The van der Waals surface area contributed by atoms with Crippen molar-refractivity contribution in [2.75, 3.05) is 23.8 Å². The summed E-state index contributed by atoms with van der Waals surface area (Å²) in [5, 5.41) is 5.27. The molecular weight excluding hydrogens is 368 g/mol. The first kappa shape index (κ1) is 19.5. The van der Waals surface area contributed by atoms with Crippen molar-refractivity contribution in [1.82, 2.24) is 5.32 Å². The molecule has 0 spiro atoms. The SMILES string of the molecule is CNC(=O)c1cccc(NC(=O)C2CC(=O)N(c3ccc(F)cc3F)C2)c1C. The Morgan fingerprint density at radius 3 is 2.61 bits per heavy atom. The number of rotatable bonds is 4. The van der Waals surface area contributed by atoms with E-state index in [1.54, 1.807) is 25.1 Å². The summed E-state index contributed by atoms with van der Waals surface area (Å²) < 4.78 is 27.1. The highest BCUT2D eigenvalue weighted by molar-refractivity contribution is 6.04. The van der Waals surface area contributed by atoms with Crippen LogP contribution in [0.5, 0.6) is 0 Å². The maximum absolute atomic E-state index is 14.0. The number of carbonyl (C=O) groups is 3. The van der Waals surface area contributed by atoms with Crippen LogP contribution in [0.3, 0.4) is 0 Å². The lowest BCUT2D eigenvalue weighted by Gasteiger charge is -2.18. The zero-order valence-electron chi connectivity index (χ0n) is 15.4. The van der Waals surface area contributed by atoms with Gasteiger partial charge >= 0.3 is 0 Å². The number of benzene rings is 2. The highest BCUT2D eigenvalue weighted by Gasteiger charge is 2.36.